The Balaban J connectivity index is 1.65. The standard InChI is InChI=1S/C20H23FN2O4S/c1-27-18-5-2-4-16(14-18)15-20(24)22-10-3-11-23(13-12-22)28(25,26)19-8-6-17(21)7-9-19/h2,4-9,14H,3,10-13,15H2,1H3. The minimum absolute atomic E-state index is 0.0470. The van der Waals surface area contributed by atoms with Crippen LogP contribution in [0.2, 0.25) is 0 Å². The zero-order chi connectivity index (χ0) is 20.1. The number of nitrogens with zero attached hydrogens (tertiary/aromatic N) is 2. The first-order valence-electron chi connectivity index (χ1n) is 9.06. The third-order valence-electron chi connectivity index (χ3n) is 4.75. The van der Waals surface area contributed by atoms with Gasteiger partial charge in [0.05, 0.1) is 18.4 Å². The maximum absolute atomic E-state index is 13.1. The predicted octanol–water partition coefficient (Wildman–Crippen LogP) is 2.30. The zero-order valence-electron chi connectivity index (χ0n) is 15.7. The van der Waals surface area contributed by atoms with Crippen LogP contribution in [0.3, 0.4) is 0 Å². The van der Waals surface area contributed by atoms with Crippen LogP contribution in [0.25, 0.3) is 0 Å². The normalized spacial score (nSPS) is 15.9. The van der Waals surface area contributed by atoms with Gasteiger partial charge in [-0.05, 0) is 48.4 Å². The molecule has 2 aromatic carbocycles. The van der Waals surface area contributed by atoms with E-state index >= 15 is 0 Å². The molecule has 1 amide bonds. The molecule has 0 saturated carbocycles. The van der Waals surface area contributed by atoms with E-state index in [0.717, 1.165) is 17.7 Å². The van der Waals surface area contributed by atoms with Gasteiger partial charge in [0.2, 0.25) is 15.9 Å². The van der Waals surface area contributed by atoms with Gasteiger partial charge in [-0.3, -0.25) is 4.79 Å². The fraction of sp³-hybridized carbons (Fsp3) is 0.350. The Bertz CT molecular complexity index is 931. The van der Waals surface area contributed by atoms with Crippen molar-refractivity contribution in [2.75, 3.05) is 33.3 Å². The molecule has 6 nitrogen and oxygen atoms in total. The maximum Gasteiger partial charge on any atom is 0.243 e. The first-order valence-corrected chi connectivity index (χ1v) is 10.5. The largest absolute Gasteiger partial charge is 0.497 e. The van der Waals surface area contributed by atoms with E-state index in [-0.39, 0.29) is 23.8 Å². The number of amides is 1. The van der Waals surface area contributed by atoms with Crippen molar-refractivity contribution in [3.05, 3.63) is 59.9 Å². The highest BCUT2D eigenvalue weighted by atomic mass is 32.2. The molecular formula is C20H23FN2O4S. The quantitative estimate of drug-likeness (QED) is 0.764. The van der Waals surface area contributed by atoms with Crippen LogP contribution < -0.4 is 4.74 Å². The fourth-order valence-corrected chi connectivity index (χ4v) is 4.68. The Kier molecular flexibility index (Phi) is 6.31. The molecule has 2 aromatic rings. The molecule has 1 aliphatic rings. The molecule has 28 heavy (non-hydrogen) atoms. The number of rotatable bonds is 5. The summed E-state index contributed by atoms with van der Waals surface area (Å²) in [5.74, 6) is 0.163. The third kappa shape index (κ3) is 4.69. The zero-order valence-corrected chi connectivity index (χ0v) is 16.5. The van der Waals surface area contributed by atoms with Crippen molar-refractivity contribution in [1.29, 1.82) is 0 Å². The molecule has 1 heterocycles. The van der Waals surface area contributed by atoms with E-state index in [1.807, 2.05) is 24.3 Å². The van der Waals surface area contributed by atoms with Crippen molar-refractivity contribution in [1.82, 2.24) is 9.21 Å². The van der Waals surface area contributed by atoms with Gasteiger partial charge in [0.25, 0.3) is 0 Å². The highest BCUT2D eigenvalue weighted by Crippen LogP contribution is 2.19. The Labute approximate surface area is 164 Å². The summed E-state index contributed by atoms with van der Waals surface area (Å²) in [6, 6.07) is 12.1. The minimum Gasteiger partial charge on any atom is -0.497 e. The summed E-state index contributed by atoms with van der Waals surface area (Å²) in [6.45, 7) is 1.35. The van der Waals surface area contributed by atoms with Crippen LogP contribution in [-0.4, -0.2) is 56.8 Å². The van der Waals surface area contributed by atoms with Gasteiger partial charge in [-0.2, -0.15) is 4.31 Å². The predicted molar refractivity (Wildman–Crippen MR) is 103 cm³/mol. The molecule has 0 aliphatic carbocycles. The molecular weight excluding hydrogens is 383 g/mol. The Morgan fingerprint density at radius 2 is 1.82 bits per heavy atom. The number of benzene rings is 2. The summed E-state index contributed by atoms with van der Waals surface area (Å²) in [5, 5.41) is 0. The van der Waals surface area contributed by atoms with Gasteiger partial charge >= 0.3 is 0 Å². The monoisotopic (exact) mass is 406 g/mol. The van der Waals surface area contributed by atoms with E-state index in [1.165, 1.54) is 16.4 Å². The Morgan fingerprint density at radius 3 is 2.54 bits per heavy atom. The number of hydrogen-bond acceptors (Lipinski definition) is 4. The van der Waals surface area contributed by atoms with Crippen molar-refractivity contribution in [3.8, 4) is 5.75 Å². The second-order valence-corrected chi connectivity index (χ2v) is 8.56. The highest BCUT2D eigenvalue weighted by Gasteiger charge is 2.28. The van der Waals surface area contributed by atoms with Crippen LogP contribution in [0.5, 0.6) is 5.75 Å². The average molecular weight is 406 g/mol. The van der Waals surface area contributed by atoms with Crippen molar-refractivity contribution < 1.29 is 22.3 Å². The van der Waals surface area contributed by atoms with E-state index in [9.17, 15) is 17.6 Å². The van der Waals surface area contributed by atoms with E-state index < -0.39 is 15.8 Å². The van der Waals surface area contributed by atoms with Gasteiger partial charge in [-0.15, -0.1) is 0 Å². The van der Waals surface area contributed by atoms with E-state index in [1.54, 1.807) is 12.0 Å². The first-order chi connectivity index (χ1) is 13.4. The van der Waals surface area contributed by atoms with Gasteiger partial charge in [0, 0.05) is 26.2 Å². The number of carbonyl (C=O) groups is 1. The Hall–Kier alpha value is -2.45. The van der Waals surface area contributed by atoms with Crippen molar-refractivity contribution in [2.45, 2.75) is 17.7 Å². The van der Waals surface area contributed by atoms with Gasteiger partial charge in [0.1, 0.15) is 11.6 Å². The lowest BCUT2D eigenvalue weighted by atomic mass is 10.1. The molecule has 0 N–H and O–H groups in total. The molecule has 0 radical (unpaired) electrons. The van der Waals surface area contributed by atoms with Crippen LogP contribution in [0.1, 0.15) is 12.0 Å². The lowest BCUT2D eigenvalue weighted by Gasteiger charge is -2.22. The van der Waals surface area contributed by atoms with Crippen LogP contribution in [0, 0.1) is 5.82 Å². The van der Waals surface area contributed by atoms with Gasteiger partial charge in [-0.25, -0.2) is 12.8 Å². The summed E-state index contributed by atoms with van der Waals surface area (Å²) in [7, 11) is -2.13. The second kappa shape index (κ2) is 8.70. The molecule has 3 rings (SSSR count). The number of halogens is 1. The summed E-state index contributed by atoms with van der Waals surface area (Å²) in [5.41, 5.74) is 0.851. The summed E-state index contributed by atoms with van der Waals surface area (Å²) >= 11 is 0. The Morgan fingerprint density at radius 1 is 1.07 bits per heavy atom. The summed E-state index contributed by atoms with van der Waals surface area (Å²) < 4.78 is 45.2. The van der Waals surface area contributed by atoms with Gasteiger partial charge in [-0.1, -0.05) is 12.1 Å². The molecule has 1 fully saturated rings. The summed E-state index contributed by atoms with van der Waals surface area (Å²) in [4.78, 5) is 14.4. The lowest BCUT2D eigenvalue weighted by Crippen LogP contribution is -2.38. The highest BCUT2D eigenvalue weighted by molar-refractivity contribution is 7.89. The van der Waals surface area contributed by atoms with E-state index in [4.69, 9.17) is 4.74 Å². The van der Waals surface area contributed by atoms with Crippen molar-refractivity contribution in [2.24, 2.45) is 0 Å². The lowest BCUT2D eigenvalue weighted by molar-refractivity contribution is -0.130. The van der Waals surface area contributed by atoms with Crippen molar-refractivity contribution in [3.63, 3.8) is 0 Å². The van der Waals surface area contributed by atoms with Crippen LogP contribution >= 0.6 is 0 Å². The van der Waals surface area contributed by atoms with Gasteiger partial charge in [0.15, 0.2) is 0 Å². The number of carbonyl (C=O) groups excluding carboxylic acids is 1. The second-order valence-electron chi connectivity index (χ2n) is 6.62. The molecule has 0 atom stereocenters. The smallest absolute Gasteiger partial charge is 0.243 e. The molecule has 0 aromatic heterocycles. The molecule has 8 heteroatoms. The summed E-state index contributed by atoms with van der Waals surface area (Å²) in [6.07, 6.45) is 0.784. The van der Waals surface area contributed by atoms with E-state index in [2.05, 4.69) is 0 Å². The molecule has 1 saturated heterocycles. The average Bonchev–Trinajstić information content (AvgIpc) is 2.95. The van der Waals surface area contributed by atoms with E-state index in [0.29, 0.717) is 31.8 Å². The molecule has 0 bridgehead atoms. The van der Waals surface area contributed by atoms with Crippen LogP contribution in [-0.2, 0) is 21.2 Å². The van der Waals surface area contributed by atoms with Gasteiger partial charge < -0.3 is 9.64 Å². The maximum atomic E-state index is 13.1. The molecule has 0 spiro atoms. The number of ether oxygens (including phenoxy) is 1. The SMILES string of the molecule is COc1cccc(CC(=O)N2CCCN(S(=O)(=O)c3ccc(F)cc3)CC2)c1. The van der Waals surface area contributed by atoms with Crippen molar-refractivity contribution >= 4 is 15.9 Å². The first kappa shape index (κ1) is 20.3. The topological polar surface area (TPSA) is 66.9 Å². The molecule has 150 valence electrons. The number of sulfonamides is 1. The number of methoxy groups -OCH3 is 1. The molecule has 1 aliphatic heterocycles. The number of hydrogen-bond donors (Lipinski definition) is 0. The fourth-order valence-electron chi connectivity index (χ4n) is 3.21. The molecule has 0 unspecified atom stereocenters. The van der Waals surface area contributed by atoms with Crippen LogP contribution in [0.15, 0.2) is 53.4 Å². The van der Waals surface area contributed by atoms with Crippen LogP contribution in [0.4, 0.5) is 4.39 Å². The minimum atomic E-state index is -3.71. The third-order valence-corrected chi connectivity index (χ3v) is 6.66.